The molecule has 0 unspecified atom stereocenters. The topological polar surface area (TPSA) is 79.9 Å². The molecule has 128 valence electrons. The van der Waals surface area contributed by atoms with Gasteiger partial charge >= 0.3 is 0 Å². The van der Waals surface area contributed by atoms with E-state index in [1.807, 2.05) is 30.3 Å². The van der Waals surface area contributed by atoms with Gasteiger partial charge in [0.25, 0.3) is 0 Å². The van der Waals surface area contributed by atoms with E-state index in [4.69, 9.17) is 16.3 Å². The van der Waals surface area contributed by atoms with Crippen LogP contribution in [-0.4, -0.2) is 26.8 Å². The molecule has 0 saturated carbocycles. The van der Waals surface area contributed by atoms with Gasteiger partial charge in [-0.25, -0.2) is 4.98 Å². The number of hydrogen-bond donors (Lipinski definition) is 2. The van der Waals surface area contributed by atoms with Crippen molar-refractivity contribution < 1.29 is 9.53 Å². The Morgan fingerprint density at radius 2 is 1.92 bits per heavy atom. The molecule has 2 aromatic carbocycles. The Morgan fingerprint density at radius 3 is 2.68 bits per heavy atom. The predicted octanol–water partition coefficient (Wildman–Crippen LogP) is 3.77. The summed E-state index contributed by atoms with van der Waals surface area (Å²) in [5.74, 6) is 1.39. The van der Waals surface area contributed by atoms with Gasteiger partial charge in [-0.1, -0.05) is 41.6 Å². The lowest BCUT2D eigenvalue weighted by molar-refractivity contribution is -0.113. The van der Waals surface area contributed by atoms with Gasteiger partial charge in [-0.2, -0.15) is 0 Å². The Balaban J connectivity index is 1.45. The molecule has 25 heavy (non-hydrogen) atoms. The maximum Gasteiger partial charge on any atom is 0.234 e. The van der Waals surface area contributed by atoms with Gasteiger partial charge in [0.1, 0.15) is 12.4 Å². The minimum Gasteiger partial charge on any atom is -0.486 e. The molecule has 0 bridgehead atoms. The summed E-state index contributed by atoms with van der Waals surface area (Å²) in [5.41, 5.74) is 0.764. The Hall–Kier alpha value is -2.51. The average Bonchev–Trinajstić information content (AvgIpc) is 3.08. The second-order valence-corrected chi connectivity index (χ2v) is 6.39. The molecule has 0 atom stereocenters. The Morgan fingerprint density at radius 1 is 1.16 bits per heavy atom. The van der Waals surface area contributed by atoms with Gasteiger partial charge in [-0.05, 0) is 36.4 Å². The van der Waals surface area contributed by atoms with Gasteiger partial charge in [-0.3, -0.25) is 9.89 Å². The predicted molar refractivity (Wildman–Crippen MR) is 98.0 cm³/mol. The fourth-order valence-corrected chi connectivity index (χ4v) is 2.68. The number of carbonyl (C=O) groups excluding carboxylic acids is 1. The SMILES string of the molecule is O=C(CSc1n[nH]c(COc2ccc(Cl)cc2)n1)Nc1ccccc1. The Bertz CT molecular complexity index is 824. The number of aromatic amines is 1. The van der Waals surface area contributed by atoms with E-state index in [0.717, 1.165) is 5.69 Å². The number of H-pyrrole nitrogens is 1. The summed E-state index contributed by atoms with van der Waals surface area (Å²) in [6, 6.07) is 16.4. The number of rotatable bonds is 7. The first-order valence-corrected chi connectivity index (χ1v) is 8.83. The lowest BCUT2D eigenvalue weighted by Crippen LogP contribution is -2.13. The molecule has 1 heterocycles. The molecule has 3 aromatic rings. The molecule has 3 rings (SSSR count). The van der Waals surface area contributed by atoms with Crippen molar-refractivity contribution in [3.63, 3.8) is 0 Å². The van der Waals surface area contributed by atoms with E-state index in [1.165, 1.54) is 11.8 Å². The van der Waals surface area contributed by atoms with Gasteiger partial charge in [-0.15, -0.1) is 5.10 Å². The smallest absolute Gasteiger partial charge is 0.234 e. The second-order valence-electron chi connectivity index (χ2n) is 5.01. The third kappa shape index (κ3) is 5.51. The minimum absolute atomic E-state index is 0.111. The maximum atomic E-state index is 11.9. The monoisotopic (exact) mass is 374 g/mol. The average molecular weight is 375 g/mol. The van der Waals surface area contributed by atoms with Crippen LogP contribution in [0.3, 0.4) is 0 Å². The first kappa shape index (κ1) is 17.3. The summed E-state index contributed by atoms with van der Waals surface area (Å²) in [6.45, 7) is 0.255. The van der Waals surface area contributed by atoms with Crippen LogP contribution in [0.4, 0.5) is 5.69 Å². The zero-order chi connectivity index (χ0) is 17.5. The summed E-state index contributed by atoms with van der Waals surface area (Å²) in [5, 5.41) is 10.8. The van der Waals surface area contributed by atoms with Gasteiger partial charge in [0.05, 0.1) is 5.75 Å². The van der Waals surface area contributed by atoms with Crippen molar-refractivity contribution in [1.29, 1.82) is 0 Å². The molecule has 6 nitrogen and oxygen atoms in total. The summed E-state index contributed by atoms with van der Waals surface area (Å²) < 4.78 is 5.58. The quantitative estimate of drug-likeness (QED) is 0.615. The van der Waals surface area contributed by atoms with Gasteiger partial charge < -0.3 is 10.1 Å². The molecule has 0 aliphatic carbocycles. The van der Waals surface area contributed by atoms with Crippen LogP contribution in [0.2, 0.25) is 5.02 Å². The molecule has 0 aliphatic rings. The number of para-hydroxylation sites is 1. The number of nitrogens with zero attached hydrogens (tertiary/aromatic N) is 2. The molecule has 1 amide bonds. The lowest BCUT2D eigenvalue weighted by Gasteiger charge is -2.03. The second kappa shape index (κ2) is 8.55. The van der Waals surface area contributed by atoms with E-state index in [1.54, 1.807) is 24.3 Å². The number of anilines is 1. The van der Waals surface area contributed by atoms with Gasteiger partial charge in [0.2, 0.25) is 11.1 Å². The highest BCUT2D eigenvalue weighted by molar-refractivity contribution is 7.99. The van der Waals surface area contributed by atoms with E-state index in [9.17, 15) is 4.79 Å². The zero-order valence-corrected chi connectivity index (χ0v) is 14.7. The van der Waals surface area contributed by atoms with Gasteiger partial charge in [0.15, 0.2) is 5.82 Å². The van der Waals surface area contributed by atoms with Crippen LogP contribution in [0.5, 0.6) is 5.75 Å². The highest BCUT2D eigenvalue weighted by Gasteiger charge is 2.08. The van der Waals surface area contributed by atoms with Crippen LogP contribution in [0.25, 0.3) is 0 Å². The number of aromatic nitrogens is 3. The van der Waals surface area contributed by atoms with Gasteiger partial charge in [0, 0.05) is 10.7 Å². The number of thioether (sulfide) groups is 1. The number of amides is 1. The highest BCUT2D eigenvalue weighted by atomic mass is 35.5. The largest absolute Gasteiger partial charge is 0.486 e. The molecule has 8 heteroatoms. The van der Waals surface area contributed by atoms with Crippen LogP contribution in [0, 0.1) is 0 Å². The zero-order valence-electron chi connectivity index (χ0n) is 13.1. The number of nitrogens with one attached hydrogen (secondary N) is 2. The fraction of sp³-hybridized carbons (Fsp3) is 0.118. The molecule has 0 radical (unpaired) electrons. The number of hydrogen-bond acceptors (Lipinski definition) is 5. The van der Waals surface area contributed by atoms with Crippen LogP contribution in [-0.2, 0) is 11.4 Å². The van der Waals surface area contributed by atoms with Crippen molar-refractivity contribution in [2.24, 2.45) is 0 Å². The maximum absolute atomic E-state index is 11.9. The first-order valence-electron chi connectivity index (χ1n) is 7.46. The van der Waals surface area contributed by atoms with Crippen molar-refractivity contribution >= 4 is 35.0 Å². The minimum atomic E-state index is -0.111. The molecular weight excluding hydrogens is 360 g/mol. The van der Waals surface area contributed by atoms with E-state index in [-0.39, 0.29) is 18.3 Å². The molecule has 0 spiro atoms. The molecule has 0 aliphatic heterocycles. The Labute approximate surface area is 154 Å². The van der Waals surface area contributed by atoms with Crippen molar-refractivity contribution in [2.45, 2.75) is 11.8 Å². The van der Waals surface area contributed by atoms with E-state index in [2.05, 4.69) is 20.5 Å². The number of carbonyl (C=O) groups is 1. The first-order chi connectivity index (χ1) is 12.2. The molecular formula is C17H15ClN4O2S. The van der Waals surface area contributed by atoms with Crippen molar-refractivity contribution in [3.8, 4) is 5.75 Å². The van der Waals surface area contributed by atoms with Crippen molar-refractivity contribution in [1.82, 2.24) is 15.2 Å². The summed E-state index contributed by atoms with van der Waals surface area (Å²) in [6.07, 6.45) is 0. The molecule has 2 N–H and O–H groups in total. The fourth-order valence-electron chi connectivity index (χ4n) is 1.94. The number of ether oxygens (including phenoxy) is 1. The third-order valence-corrected chi connectivity index (χ3v) is 4.19. The normalized spacial score (nSPS) is 10.4. The summed E-state index contributed by atoms with van der Waals surface area (Å²) >= 11 is 7.08. The lowest BCUT2D eigenvalue weighted by atomic mass is 10.3. The van der Waals surface area contributed by atoms with Crippen molar-refractivity contribution in [3.05, 3.63) is 65.4 Å². The molecule has 0 saturated heterocycles. The van der Waals surface area contributed by atoms with Crippen LogP contribution >= 0.6 is 23.4 Å². The van der Waals surface area contributed by atoms with E-state index >= 15 is 0 Å². The number of benzene rings is 2. The standard InChI is InChI=1S/C17H15ClN4O2S/c18-12-6-8-14(9-7-12)24-10-15-20-17(22-21-15)25-11-16(23)19-13-4-2-1-3-5-13/h1-9H,10-11H2,(H,19,23)(H,20,21,22). The van der Waals surface area contributed by atoms with Crippen LogP contribution in [0.15, 0.2) is 59.8 Å². The summed E-state index contributed by atoms with van der Waals surface area (Å²) in [7, 11) is 0. The molecule has 1 aromatic heterocycles. The molecule has 0 fully saturated rings. The highest BCUT2D eigenvalue weighted by Crippen LogP contribution is 2.17. The van der Waals surface area contributed by atoms with Crippen molar-refractivity contribution in [2.75, 3.05) is 11.1 Å². The van der Waals surface area contributed by atoms with Crippen LogP contribution < -0.4 is 10.1 Å². The van der Waals surface area contributed by atoms with Crippen LogP contribution in [0.1, 0.15) is 5.82 Å². The Kier molecular flexibility index (Phi) is 5.92. The van der Waals surface area contributed by atoms with E-state index < -0.39 is 0 Å². The number of halogens is 1. The van der Waals surface area contributed by atoms with E-state index in [0.29, 0.717) is 21.8 Å². The third-order valence-electron chi connectivity index (χ3n) is 3.09. The summed E-state index contributed by atoms with van der Waals surface area (Å²) in [4.78, 5) is 16.2.